The first kappa shape index (κ1) is 22.7. The number of piperidine rings is 1. The summed E-state index contributed by atoms with van der Waals surface area (Å²) < 4.78 is 33.6. The maximum atomic E-state index is 13.4. The number of aromatic nitrogens is 1. The molecule has 1 aliphatic heterocycles. The third-order valence-electron chi connectivity index (χ3n) is 5.33. The largest absolute Gasteiger partial charge is 0.355 e. The number of carbonyl (C=O) groups is 1. The molecular weight excluding hydrogens is 422 g/mol. The number of rotatable bonds is 8. The lowest BCUT2D eigenvalue weighted by molar-refractivity contribution is -0.135. The third-order valence-corrected chi connectivity index (χ3v) is 8.19. The molecule has 3 rings (SSSR count). The van der Waals surface area contributed by atoms with Gasteiger partial charge in [-0.3, -0.25) is 4.79 Å². The van der Waals surface area contributed by atoms with E-state index in [-0.39, 0.29) is 29.0 Å². The summed E-state index contributed by atoms with van der Waals surface area (Å²) in [5.41, 5.74) is 0.328. The Labute approximate surface area is 182 Å². The molecule has 0 N–H and O–H groups in total. The van der Waals surface area contributed by atoms with Crippen LogP contribution in [-0.4, -0.2) is 55.4 Å². The minimum atomic E-state index is -3.82. The Bertz CT molecular complexity index is 980. The van der Waals surface area contributed by atoms with E-state index in [9.17, 15) is 13.2 Å². The van der Waals surface area contributed by atoms with Crippen LogP contribution in [-0.2, 0) is 14.8 Å². The monoisotopic (exact) mass is 451 g/mol. The zero-order chi connectivity index (χ0) is 21.7. The fraction of sp³-hybridized carbons (Fsp3) is 0.524. The van der Waals surface area contributed by atoms with Gasteiger partial charge in [-0.05, 0) is 49.8 Å². The highest BCUT2D eigenvalue weighted by Gasteiger charge is 2.37. The average Bonchev–Trinajstić information content (AvgIpc) is 3.39. The van der Waals surface area contributed by atoms with Gasteiger partial charge in [-0.15, -0.1) is 11.3 Å². The molecule has 164 valence electrons. The van der Waals surface area contributed by atoms with Crippen LogP contribution in [0.15, 0.2) is 26.9 Å². The fourth-order valence-corrected chi connectivity index (χ4v) is 6.04. The van der Waals surface area contributed by atoms with E-state index in [1.807, 2.05) is 23.6 Å². The Morgan fingerprint density at radius 2 is 2.23 bits per heavy atom. The summed E-state index contributed by atoms with van der Waals surface area (Å²) in [6.45, 7) is 4.99. The van der Waals surface area contributed by atoms with Gasteiger partial charge in [-0.1, -0.05) is 24.6 Å². The highest BCUT2D eigenvalue weighted by Crippen LogP contribution is 2.30. The van der Waals surface area contributed by atoms with E-state index < -0.39 is 10.0 Å². The first-order chi connectivity index (χ1) is 14.3. The van der Waals surface area contributed by atoms with Gasteiger partial charge in [0.15, 0.2) is 10.7 Å². The summed E-state index contributed by atoms with van der Waals surface area (Å²) >= 11 is 1.55. The minimum absolute atomic E-state index is 0.0169. The summed E-state index contributed by atoms with van der Waals surface area (Å²) in [4.78, 5) is 15.6. The molecule has 1 fully saturated rings. The molecule has 0 unspecified atom stereocenters. The van der Waals surface area contributed by atoms with Gasteiger partial charge in [0, 0.05) is 31.6 Å². The highest BCUT2D eigenvalue weighted by atomic mass is 32.2. The third kappa shape index (κ3) is 5.01. The van der Waals surface area contributed by atoms with Crippen molar-refractivity contribution < 1.29 is 17.7 Å². The molecule has 7 nitrogen and oxygen atoms in total. The second-order valence-electron chi connectivity index (χ2n) is 7.63. The van der Waals surface area contributed by atoms with Crippen LogP contribution in [0.25, 0.3) is 12.2 Å². The first-order valence-corrected chi connectivity index (χ1v) is 12.6. The normalized spacial score (nSPS) is 18.2. The second kappa shape index (κ2) is 9.89. The number of unbranched alkanes of at least 4 members (excludes halogenated alkanes) is 1. The van der Waals surface area contributed by atoms with Crippen LogP contribution in [0.5, 0.6) is 0 Å². The summed E-state index contributed by atoms with van der Waals surface area (Å²) in [5.74, 6) is -0.0849. The molecule has 0 bridgehead atoms. The van der Waals surface area contributed by atoms with Gasteiger partial charge in [0.2, 0.25) is 15.9 Å². The summed E-state index contributed by atoms with van der Waals surface area (Å²) in [7, 11) is -2.03. The minimum Gasteiger partial charge on any atom is -0.355 e. The predicted molar refractivity (Wildman–Crippen MR) is 119 cm³/mol. The van der Waals surface area contributed by atoms with Gasteiger partial charge in [0.25, 0.3) is 0 Å². The van der Waals surface area contributed by atoms with Crippen LogP contribution in [0.2, 0.25) is 0 Å². The zero-order valence-corrected chi connectivity index (χ0v) is 19.3. The van der Waals surface area contributed by atoms with Crippen molar-refractivity contribution in [2.45, 2.75) is 44.4 Å². The average molecular weight is 452 g/mol. The standard InChI is InChI=1S/C21H29N3O4S2/c1-4-5-12-23(3)21(25)17-8-6-13-24(15-17)30(26,27)20-16(2)22-28-19(20)11-10-18-9-7-14-29-18/h7,9-11,14,17H,4-6,8,12-13,15H2,1-3H3/b11-10+/t17-/m0/s1. The van der Waals surface area contributed by atoms with Crippen LogP contribution in [0.1, 0.15) is 48.9 Å². The second-order valence-corrected chi connectivity index (χ2v) is 10.5. The Balaban J connectivity index is 1.80. The lowest BCUT2D eigenvalue weighted by Crippen LogP contribution is -2.46. The van der Waals surface area contributed by atoms with E-state index in [4.69, 9.17) is 4.52 Å². The van der Waals surface area contributed by atoms with E-state index in [0.29, 0.717) is 31.6 Å². The number of aryl methyl sites for hydroxylation is 1. The van der Waals surface area contributed by atoms with E-state index in [2.05, 4.69) is 12.1 Å². The summed E-state index contributed by atoms with van der Waals surface area (Å²) in [5, 5.41) is 5.84. The summed E-state index contributed by atoms with van der Waals surface area (Å²) in [6, 6.07) is 3.87. The van der Waals surface area contributed by atoms with Crippen LogP contribution in [0, 0.1) is 12.8 Å². The molecule has 0 aromatic carbocycles. The lowest BCUT2D eigenvalue weighted by Gasteiger charge is -2.33. The molecule has 0 spiro atoms. The molecule has 0 radical (unpaired) electrons. The summed E-state index contributed by atoms with van der Waals surface area (Å²) in [6.07, 6.45) is 6.77. The molecule has 1 aliphatic rings. The maximum Gasteiger partial charge on any atom is 0.248 e. The molecule has 0 aliphatic carbocycles. The van der Waals surface area contributed by atoms with Gasteiger partial charge in [0.05, 0.1) is 5.92 Å². The maximum absolute atomic E-state index is 13.4. The Hall–Kier alpha value is -1.97. The lowest BCUT2D eigenvalue weighted by atomic mass is 9.98. The highest BCUT2D eigenvalue weighted by molar-refractivity contribution is 7.89. The topological polar surface area (TPSA) is 83.7 Å². The molecule has 30 heavy (non-hydrogen) atoms. The van der Waals surface area contributed by atoms with Gasteiger partial charge in [-0.25, -0.2) is 8.42 Å². The van der Waals surface area contributed by atoms with Gasteiger partial charge >= 0.3 is 0 Å². The zero-order valence-electron chi connectivity index (χ0n) is 17.7. The number of carbonyl (C=O) groups excluding carboxylic acids is 1. The van der Waals surface area contributed by atoms with Crippen LogP contribution < -0.4 is 0 Å². The quantitative estimate of drug-likeness (QED) is 0.608. The van der Waals surface area contributed by atoms with Crippen molar-refractivity contribution in [3.05, 3.63) is 33.8 Å². The van der Waals surface area contributed by atoms with Crippen molar-refractivity contribution >= 4 is 39.4 Å². The number of hydrogen-bond acceptors (Lipinski definition) is 6. The molecule has 9 heteroatoms. The van der Waals surface area contributed by atoms with Crippen molar-refractivity contribution in [2.24, 2.45) is 5.92 Å². The SMILES string of the molecule is CCCCN(C)C(=O)[C@H]1CCCN(S(=O)(=O)c2c(C)noc2/C=C/c2cccs2)C1. The van der Waals surface area contributed by atoms with Crippen molar-refractivity contribution in [3.8, 4) is 0 Å². The van der Waals surface area contributed by atoms with Crippen molar-refractivity contribution in [1.82, 2.24) is 14.4 Å². The van der Waals surface area contributed by atoms with E-state index >= 15 is 0 Å². The van der Waals surface area contributed by atoms with E-state index in [0.717, 1.165) is 17.7 Å². The number of thiophene rings is 1. The molecule has 2 aromatic heterocycles. The molecule has 1 amide bonds. The van der Waals surface area contributed by atoms with Crippen molar-refractivity contribution in [1.29, 1.82) is 0 Å². The Kier molecular flexibility index (Phi) is 7.49. The number of nitrogens with zero attached hydrogens (tertiary/aromatic N) is 3. The number of sulfonamides is 1. The Morgan fingerprint density at radius 3 is 2.93 bits per heavy atom. The van der Waals surface area contributed by atoms with Crippen LogP contribution in [0.3, 0.4) is 0 Å². The van der Waals surface area contributed by atoms with E-state index in [1.54, 1.807) is 36.3 Å². The molecule has 2 aromatic rings. The van der Waals surface area contributed by atoms with Crippen molar-refractivity contribution in [3.63, 3.8) is 0 Å². The fourth-order valence-electron chi connectivity index (χ4n) is 3.65. The first-order valence-electron chi connectivity index (χ1n) is 10.3. The van der Waals surface area contributed by atoms with Gasteiger partial charge in [0.1, 0.15) is 5.69 Å². The van der Waals surface area contributed by atoms with Crippen LogP contribution in [0.4, 0.5) is 0 Å². The molecule has 1 saturated heterocycles. The number of hydrogen-bond donors (Lipinski definition) is 0. The van der Waals surface area contributed by atoms with E-state index in [1.165, 1.54) is 4.31 Å². The van der Waals surface area contributed by atoms with Crippen molar-refractivity contribution in [2.75, 3.05) is 26.7 Å². The van der Waals surface area contributed by atoms with Gasteiger partial charge < -0.3 is 9.42 Å². The Morgan fingerprint density at radius 1 is 1.43 bits per heavy atom. The van der Waals surface area contributed by atoms with Crippen LogP contribution >= 0.6 is 11.3 Å². The molecule has 3 heterocycles. The molecule has 1 atom stereocenters. The van der Waals surface area contributed by atoms with Gasteiger partial charge in [-0.2, -0.15) is 4.31 Å². The number of amides is 1. The smallest absolute Gasteiger partial charge is 0.248 e. The predicted octanol–water partition coefficient (Wildman–Crippen LogP) is 3.87. The molecular formula is C21H29N3O4S2. The molecule has 0 saturated carbocycles.